The molecule has 1 atom stereocenters. The Morgan fingerprint density at radius 2 is 1.77 bits per heavy atom. The second-order valence-electron chi connectivity index (χ2n) is 7.73. The first-order valence-electron chi connectivity index (χ1n) is 8.94. The van der Waals surface area contributed by atoms with E-state index in [9.17, 15) is 9.65 Å². The van der Waals surface area contributed by atoms with Gasteiger partial charge in [-0.1, -0.05) is 18.2 Å². The van der Waals surface area contributed by atoms with Crippen LogP contribution in [-0.4, -0.2) is 25.5 Å². The van der Waals surface area contributed by atoms with Gasteiger partial charge in [-0.2, -0.15) is 5.26 Å². The summed E-state index contributed by atoms with van der Waals surface area (Å²) in [7, 11) is 4.11. The highest BCUT2D eigenvalue weighted by molar-refractivity contribution is 5.51. The van der Waals surface area contributed by atoms with Crippen molar-refractivity contribution >= 4 is 0 Å². The van der Waals surface area contributed by atoms with Gasteiger partial charge in [0, 0.05) is 0 Å². The van der Waals surface area contributed by atoms with Crippen molar-refractivity contribution in [2.75, 3.05) is 20.6 Å². The molecule has 1 aliphatic rings. The first kappa shape index (κ1) is 18.6. The fourth-order valence-corrected chi connectivity index (χ4v) is 3.92. The third-order valence-corrected chi connectivity index (χ3v) is 5.11. The monoisotopic (exact) mass is 352 g/mol. The van der Waals surface area contributed by atoms with Crippen molar-refractivity contribution in [3.05, 3.63) is 70.5 Å². The van der Waals surface area contributed by atoms with E-state index in [0.29, 0.717) is 5.56 Å². The number of halogens is 1. The molecule has 26 heavy (non-hydrogen) atoms. The summed E-state index contributed by atoms with van der Waals surface area (Å²) in [5, 5.41) is 9.28. The van der Waals surface area contributed by atoms with Crippen LogP contribution in [0.5, 0.6) is 0 Å². The molecular weight excluding hydrogens is 327 g/mol. The van der Waals surface area contributed by atoms with Gasteiger partial charge < -0.3 is 9.64 Å². The summed E-state index contributed by atoms with van der Waals surface area (Å²) in [5.41, 5.74) is 2.54. The smallest absolute Gasteiger partial charge is 0.123 e. The van der Waals surface area contributed by atoms with Crippen LogP contribution in [0.3, 0.4) is 0 Å². The maximum atomic E-state index is 13.5. The Kier molecular flexibility index (Phi) is 4.88. The van der Waals surface area contributed by atoms with Crippen molar-refractivity contribution in [2.24, 2.45) is 0 Å². The molecule has 0 radical (unpaired) electrons. The van der Waals surface area contributed by atoms with Gasteiger partial charge in [0.15, 0.2) is 0 Å². The maximum absolute atomic E-state index is 13.5. The summed E-state index contributed by atoms with van der Waals surface area (Å²) >= 11 is 0. The lowest BCUT2D eigenvalue weighted by molar-refractivity contribution is -0.107. The molecule has 0 spiro atoms. The Morgan fingerprint density at radius 3 is 2.38 bits per heavy atom. The summed E-state index contributed by atoms with van der Waals surface area (Å²) in [6.07, 6.45) is 1.74. The van der Waals surface area contributed by atoms with Crippen molar-refractivity contribution in [3.63, 3.8) is 0 Å². The van der Waals surface area contributed by atoms with E-state index in [4.69, 9.17) is 4.74 Å². The third kappa shape index (κ3) is 3.25. The molecule has 2 aromatic carbocycles. The maximum Gasteiger partial charge on any atom is 0.123 e. The second kappa shape index (κ2) is 6.83. The van der Waals surface area contributed by atoms with Crippen LogP contribution in [0.4, 0.5) is 4.39 Å². The lowest BCUT2D eigenvalue weighted by Crippen LogP contribution is -2.31. The summed E-state index contributed by atoms with van der Waals surface area (Å²) in [4.78, 5) is 2.15. The summed E-state index contributed by atoms with van der Waals surface area (Å²) in [5.74, 6) is -0.255. The molecule has 0 fully saturated rings. The van der Waals surface area contributed by atoms with E-state index in [1.54, 1.807) is 0 Å². The van der Waals surface area contributed by atoms with Crippen LogP contribution >= 0.6 is 0 Å². The minimum absolute atomic E-state index is 0.255. The van der Waals surface area contributed by atoms with E-state index in [0.717, 1.165) is 36.1 Å². The zero-order valence-electron chi connectivity index (χ0n) is 15.8. The summed E-state index contributed by atoms with van der Waals surface area (Å²) in [6.45, 7) is 5.01. The van der Waals surface area contributed by atoms with E-state index in [1.807, 2.05) is 44.2 Å². The molecule has 3 nitrogen and oxygen atoms in total. The summed E-state index contributed by atoms with van der Waals surface area (Å²) in [6, 6.07) is 14.6. The van der Waals surface area contributed by atoms with Crippen LogP contribution in [-0.2, 0) is 15.9 Å². The minimum atomic E-state index is -0.628. The molecule has 0 amide bonds. The number of ether oxygens (including phenoxy) is 1. The van der Waals surface area contributed by atoms with Crippen LogP contribution in [0, 0.1) is 17.1 Å². The van der Waals surface area contributed by atoms with Gasteiger partial charge >= 0.3 is 0 Å². The number of nitrogens with zero attached hydrogens (tertiary/aromatic N) is 2. The molecule has 0 aromatic heterocycles. The highest BCUT2D eigenvalue weighted by Gasteiger charge is 2.49. The topological polar surface area (TPSA) is 36.3 Å². The van der Waals surface area contributed by atoms with Crippen molar-refractivity contribution in [2.45, 2.75) is 37.9 Å². The normalized spacial score (nSPS) is 20.8. The molecule has 0 saturated heterocycles. The van der Waals surface area contributed by atoms with Gasteiger partial charge in [-0.05, 0) is 88.3 Å². The van der Waals surface area contributed by atoms with Crippen LogP contribution in [0.1, 0.15) is 48.9 Å². The fourth-order valence-electron chi connectivity index (χ4n) is 3.92. The average Bonchev–Trinajstić information content (AvgIpc) is 2.83. The summed E-state index contributed by atoms with van der Waals surface area (Å²) < 4.78 is 20.2. The zero-order chi connectivity index (χ0) is 18.9. The van der Waals surface area contributed by atoms with Gasteiger partial charge in [0.2, 0.25) is 0 Å². The van der Waals surface area contributed by atoms with E-state index in [1.165, 1.54) is 12.1 Å². The number of benzene rings is 2. The van der Waals surface area contributed by atoms with Gasteiger partial charge in [0.05, 0.1) is 17.2 Å². The average molecular weight is 352 g/mol. The van der Waals surface area contributed by atoms with Crippen molar-refractivity contribution in [1.82, 2.24) is 4.90 Å². The van der Waals surface area contributed by atoms with Crippen LogP contribution in [0.25, 0.3) is 0 Å². The molecule has 136 valence electrons. The van der Waals surface area contributed by atoms with Gasteiger partial charge in [-0.3, -0.25) is 0 Å². The van der Waals surface area contributed by atoms with E-state index in [-0.39, 0.29) is 5.82 Å². The number of hydrogen-bond acceptors (Lipinski definition) is 3. The van der Waals surface area contributed by atoms with E-state index >= 15 is 0 Å². The molecule has 4 heteroatoms. The molecule has 1 heterocycles. The molecular formula is C22H25FN2O. The highest BCUT2D eigenvalue weighted by Crippen LogP contribution is 2.52. The Hall–Kier alpha value is -2.22. The van der Waals surface area contributed by atoms with Crippen LogP contribution in [0.15, 0.2) is 42.5 Å². The third-order valence-electron chi connectivity index (χ3n) is 5.11. The lowest BCUT2D eigenvalue weighted by atomic mass is 9.80. The molecule has 1 aliphatic heterocycles. The lowest BCUT2D eigenvalue weighted by Gasteiger charge is -2.34. The SMILES string of the molecule is CN(C)CCCC1(c2ccc(F)cc2)OC(C)(C)c2cc(C#N)ccc21. The standard InChI is InChI=1S/C22H25FN2O/c1-21(2)20-14-16(15-24)6-11-19(20)22(26-21,12-5-13-25(3)4)17-7-9-18(23)10-8-17/h6-11,14H,5,12-13H2,1-4H3. The van der Waals surface area contributed by atoms with Crippen LogP contribution in [0.2, 0.25) is 0 Å². The Balaban J connectivity index is 2.13. The van der Waals surface area contributed by atoms with Gasteiger partial charge in [0.1, 0.15) is 11.4 Å². The largest absolute Gasteiger partial charge is 0.355 e. The molecule has 2 aromatic rings. The van der Waals surface area contributed by atoms with Crippen molar-refractivity contribution in [3.8, 4) is 6.07 Å². The van der Waals surface area contributed by atoms with Gasteiger partial charge in [-0.15, -0.1) is 0 Å². The van der Waals surface area contributed by atoms with Crippen molar-refractivity contribution < 1.29 is 9.13 Å². The first-order chi connectivity index (χ1) is 12.3. The second-order valence-corrected chi connectivity index (χ2v) is 7.73. The van der Waals surface area contributed by atoms with E-state index < -0.39 is 11.2 Å². The van der Waals surface area contributed by atoms with Gasteiger partial charge in [0.25, 0.3) is 0 Å². The molecule has 0 aliphatic carbocycles. The fraction of sp³-hybridized carbons (Fsp3) is 0.409. The number of fused-ring (bicyclic) bond motifs is 1. The quantitative estimate of drug-likeness (QED) is 0.792. The van der Waals surface area contributed by atoms with E-state index in [2.05, 4.69) is 25.1 Å². The number of nitriles is 1. The van der Waals surface area contributed by atoms with Crippen molar-refractivity contribution in [1.29, 1.82) is 5.26 Å². The molecule has 0 saturated carbocycles. The first-order valence-corrected chi connectivity index (χ1v) is 8.94. The Morgan fingerprint density at radius 1 is 1.08 bits per heavy atom. The number of rotatable bonds is 5. The molecule has 0 N–H and O–H groups in total. The predicted octanol–water partition coefficient (Wildman–Crippen LogP) is 4.55. The zero-order valence-corrected chi connectivity index (χ0v) is 15.8. The predicted molar refractivity (Wildman–Crippen MR) is 100 cm³/mol. The number of hydrogen-bond donors (Lipinski definition) is 0. The minimum Gasteiger partial charge on any atom is -0.355 e. The highest BCUT2D eigenvalue weighted by atomic mass is 19.1. The molecule has 0 bridgehead atoms. The van der Waals surface area contributed by atoms with Crippen LogP contribution < -0.4 is 0 Å². The Labute approximate surface area is 155 Å². The van der Waals surface area contributed by atoms with Gasteiger partial charge in [-0.25, -0.2) is 4.39 Å². The molecule has 3 rings (SSSR count). The molecule has 1 unspecified atom stereocenters. The Bertz CT molecular complexity index is 836.